The molecule has 1 aliphatic carbocycles. The Bertz CT molecular complexity index is 378. The zero-order valence-electron chi connectivity index (χ0n) is 8.82. The first-order chi connectivity index (χ1) is 7.81. The first kappa shape index (κ1) is 11.3. The summed E-state index contributed by atoms with van der Waals surface area (Å²) < 4.78 is 9.78. The minimum atomic E-state index is -0.697. The van der Waals surface area contributed by atoms with Crippen molar-refractivity contribution >= 4 is 17.8 Å². The van der Waals surface area contributed by atoms with Crippen LogP contribution in [0.4, 0.5) is 4.79 Å². The quantitative estimate of drug-likeness (QED) is 0.587. The number of carbonyl (C=O) groups is 1. The van der Waals surface area contributed by atoms with Crippen LogP contribution in [0.3, 0.4) is 0 Å². The van der Waals surface area contributed by atoms with Gasteiger partial charge in [0.1, 0.15) is 6.10 Å². The Kier molecular flexibility index (Phi) is 3.67. The highest BCUT2D eigenvalue weighted by Crippen LogP contribution is 2.32. The van der Waals surface area contributed by atoms with Gasteiger partial charge in [0.05, 0.1) is 0 Å². The molecular weight excluding hydrogens is 228 g/mol. The lowest BCUT2D eigenvalue weighted by Crippen LogP contribution is -2.17. The third kappa shape index (κ3) is 2.47. The van der Waals surface area contributed by atoms with Gasteiger partial charge in [-0.3, -0.25) is 0 Å². The SMILES string of the molecule is O=C(OCCl)O[C@H]1CCCc2ccccc21. The molecule has 16 heavy (non-hydrogen) atoms. The molecule has 0 aromatic heterocycles. The van der Waals surface area contributed by atoms with Gasteiger partial charge in [-0.25, -0.2) is 4.79 Å². The molecule has 3 nitrogen and oxygen atoms in total. The van der Waals surface area contributed by atoms with E-state index >= 15 is 0 Å². The second kappa shape index (κ2) is 5.21. The van der Waals surface area contributed by atoms with Gasteiger partial charge in [-0.15, -0.1) is 0 Å². The Hall–Kier alpha value is -1.22. The van der Waals surface area contributed by atoms with Gasteiger partial charge in [0.25, 0.3) is 0 Å². The summed E-state index contributed by atoms with van der Waals surface area (Å²) in [5, 5.41) is 0. The molecule has 1 aliphatic rings. The Labute approximate surface area is 99.3 Å². The molecule has 0 N–H and O–H groups in total. The number of halogens is 1. The topological polar surface area (TPSA) is 35.5 Å². The summed E-state index contributed by atoms with van der Waals surface area (Å²) in [6.45, 7) is 0. The normalized spacial score (nSPS) is 18.7. The fourth-order valence-corrected chi connectivity index (χ4v) is 2.12. The van der Waals surface area contributed by atoms with Crippen LogP contribution in [-0.2, 0) is 15.9 Å². The van der Waals surface area contributed by atoms with Crippen LogP contribution in [0.15, 0.2) is 24.3 Å². The minimum absolute atomic E-state index is 0.173. The van der Waals surface area contributed by atoms with Gasteiger partial charge in [-0.2, -0.15) is 0 Å². The molecule has 0 amide bonds. The van der Waals surface area contributed by atoms with E-state index in [0.29, 0.717) is 0 Å². The van der Waals surface area contributed by atoms with Gasteiger partial charge in [0.15, 0.2) is 6.07 Å². The van der Waals surface area contributed by atoms with E-state index in [4.69, 9.17) is 16.3 Å². The van der Waals surface area contributed by atoms with E-state index in [1.165, 1.54) is 5.56 Å². The molecule has 0 saturated heterocycles. The molecule has 1 aromatic rings. The maximum atomic E-state index is 11.2. The standard InChI is InChI=1S/C12H13ClO3/c13-8-15-12(14)16-11-7-3-5-9-4-1-2-6-10(9)11/h1-2,4,6,11H,3,5,7-8H2/t11-/m0/s1. The molecule has 0 unspecified atom stereocenters. The van der Waals surface area contributed by atoms with Crippen LogP contribution >= 0.6 is 11.6 Å². The van der Waals surface area contributed by atoms with Crippen LogP contribution in [0.5, 0.6) is 0 Å². The summed E-state index contributed by atoms with van der Waals surface area (Å²) in [6, 6.07) is 7.84. The van der Waals surface area contributed by atoms with Crippen LogP contribution in [0, 0.1) is 0 Å². The number of alkyl halides is 1. The molecule has 4 heteroatoms. The smallest absolute Gasteiger partial charge is 0.426 e. The van der Waals surface area contributed by atoms with Gasteiger partial charge < -0.3 is 9.47 Å². The van der Waals surface area contributed by atoms with Gasteiger partial charge in [0.2, 0.25) is 0 Å². The largest absolute Gasteiger partial charge is 0.510 e. The van der Waals surface area contributed by atoms with E-state index < -0.39 is 6.16 Å². The third-order valence-electron chi connectivity index (χ3n) is 2.73. The van der Waals surface area contributed by atoms with E-state index in [1.54, 1.807) is 0 Å². The van der Waals surface area contributed by atoms with Crippen LogP contribution in [0.2, 0.25) is 0 Å². The monoisotopic (exact) mass is 240 g/mol. The number of carbonyl (C=O) groups excluding carboxylic acids is 1. The maximum Gasteiger partial charge on any atom is 0.510 e. The lowest BCUT2D eigenvalue weighted by molar-refractivity contribution is 0.0262. The lowest BCUT2D eigenvalue weighted by atomic mass is 9.89. The Morgan fingerprint density at radius 3 is 3.06 bits per heavy atom. The van der Waals surface area contributed by atoms with Gasteiger partial charge in [-0.05, 0) is 30.4 Å². The summed E-state index contributed by atoms with van der Waals surface area (Å²) in [4.78, 5) is 11.2. The molecule has 0 fully saturated rings. The molecule has 0 spiro atoms. The second-order valence-corrected chi connectivity index (χ2v) is 3.92. The molecule has 0 aliphatic heterocycles. The average molecular weight is 241 g/mol. The number of hydrogen-bond donors (Lipinski definition) is 0. The van der Waals surface area contributed by atoms with Crippen molar-refractivity contribution in [3.05, 3.63) is 35.4 Å². The maximum absolute atomic E-state index is 11.2. The van der Waals surface area contributed by atoms with Crippen molar-refractivity contribution in [3.63, 3.8) is 0 Å². The number of ether oxygens (including phenoxy) is 2. The number of benzene rings is 1. The number of hydrogen-bond acceptors (Lipinski definition) is 3. The second-order valence-electron chi connectivity index (χ2n) is 3.70. The molecule has 86 valence electrons. The van der Waals surface area contributed by atoms with Crippen LogP contribution < -0.4 is 0 Å². The summed E-state index contributed by atoms with van der Waals surface area (Å²) >= 11 is 5.29. The van der Waals surface area contributed by atoms with E-state index in [0.717, 1.165) is 24.8 Å². The first-order valence-corrected chi connectivity index (χ1v) is 5.82. The predicted octanol–water partition coefficient (Wildman–Crippen LogP) is 3.41. The first-order valence-electron chi connectivity index (χ1n) is 5.28. The highest BCUT2D eigenvalue weighted by atomic mass is 35.5. The molecule has 2 rings (SSSR count). The Balaban J connectivity index is 2.10. The Morgan fingerprint density at radius 1 is 1.44 bits per heavy atom. The van der Waals surface area contributed by atoms with E-state index in [-0.39, 0.29) is 12.2 Å². The van der Waals surface area contributed by atoms with Gasteiger partial charge in [0, 0.05) is 0 Å². The van der Waals surface area contributed by atoms with E-state index in [9.17, 15) is 4.79 Å². The van der Waals surface area contributed by atoms with Crippen molar-refractivity contribution in [3.8, 4) is 0 Å². The van der Waals surface area contributed by atoms with E-state index in [2.05, 4.69) is 10.8 Å². The van der Waals surface area contributed by atoms with Crippen molar-refractivity contribution in [2.45, 2.75) is 25.4 Å². The molecule has 0 heterocycles. The summed E-state index contributed by atoms with van der Waals surface area (Å²) in [5.74, 6) is 0. The van der Waals surface area contributed by atoms with Crippen molar-refractivity contribution in [2.75, 3.05) is 6.07 Å². The summed E-state index contributed by atoms with van der Waals surface area (Å²) in [5.41, 5.74) is 2.33. The number of rotatable bonds is 2. The number of aryl methyl sites for hydroxylation is 1. The Morgan fingerprint density at radius 2 is 2.25 bits per heavy atom. The molecule has 0 saturated carbocycles. The van der Waals surface area contributed by atoms with Crippen LogP contribution in [0.25, 0.3) is 0 Å². The number of fused-ring (bicyclic) bond motifs is 1. The van der Waals surface area contributed by atoms with Crippen molar-refractivity contribution in [1.29, 1.82) is 0 Å². The zero-order chi connectivity index (χ0) is 11.4. The van der Waals surface area contributed by atoms with Crippen LogP contribution in [-0.4, -0.2) is 12.2 Å². The summed E-state index contributed by atoms with van der Waals surface area (Å²) in [6.07, 6.45) is 2.02. The molecule has 0 bridgehead atoms. The van der Waals surface area contributed by atoms with Crippen molar-refractivity contribution in [1.82, 2.24) is 0 Å². The highest BCUT2D eigenvalue weighted by Gasteiger charge is 2.23. The fourth-order valence-electron chi connectivity index (χ4n) is 2.03. The summed E-state index contributed by atoms with van der Waals surface area (Å²) in [7, 11) is 0. The molecular formula is C12H13ClO3. The average Bonchev–Trinajstić information content (AvgIpc) is 2.30. The van der Waals surface area contributed by atoms with Crippen LogP contribution in [0.1, 0.15) is 30.1 Å². The highest BCUT2D eigenvalue weighted by molar-refractivity contribution is 6.17. The predicted molar refractivity (Wildman–Crippen MR) is 60.4 cm³/mol. The molecule has 1 aromatic carbocycles. The van der Waals surface area contributed by atoms with Gasteiger partial charge in [-0.1, -0.05) is 35.9 Å². The van der Waals surface area contributed by atoms with Crippen molar-refractivity contribution < 1.29 is 14.3 Å². The molecule has 0 radical (unpaired) electrons. The zero-order valence-corrected chi connectivity index (χ0v) is 9.57. The van der Waals surface area contributed by atoms with E-state index in [1.807, 2.05) is 18.2 Å². The third-order valence-corrected chi connectivity index (χ3v) is 2.83. The fraction of sp³-hybridized carbons (Fsp3) is 0.417. The molecule has 1 atom stereocenters. The lowest BCUT2D eigenvalue weighted by Gasteiger charge is -2.24. The van der Waals surface area contributed by atoms with Gasteiger partial charge >= 0.3 is 6.16 Å². The van der Waals surface area contributed by atoms with Crippen molar-refractivity contribution in [2.24, 2.45) is 0 Å². The minimum Gasteiger partial charge on any atom is -0.426 e.